The van der Waals surface area contributed by atoms with E-state index in [0.29, 0.717) is 31.4 Å². The van der Waals surface area contributed by atoms with Crippen LogP contribution in [0, 0.1) is 0 Å². The van der Waals surface area contributed by atoms with E-state index in [0.717, 1.165) is 13.0 Å². The molecule has 0 atom stereocenters. The fourth-order valence-electron chi connectivity index (χ4n) is 1.32. The number of aromatic nitrogens is 2. The molecule has 0 amide bonds. The van der Waals surface area contributed by atoms with Crippen molar-refractivity contribution in [3.05, 3.63) is 6.07 Å². The summed E-state index contributed by atoms with van der Waals surface area (Å²) in [5.74, 6) is 1.60. The molecule has 5 N–H and O–H groups in total. The third-order valence-corrected chi connectivity index (χ3v) is 2.09. The largest absolute Gasteiger partial charge is 0.394 e. The van der Waals surface area contributed by atoms with E-state index in [9.17, 15) is 0 Å². The van der Waals surface area contributed by atoms with Gasteiger partial charge in [-0.25, -0.2) is 0 Å². The molecule has 0 bridgehead atoms. The maximum atomic E-state index is 8.55. The molecule has 0 saturated carbocycles. The van der Waals surface area contributed by atoms with Crippen molar-refractivity contribution in [3.63, 3.8) is 0 Å². The highest BCUT2D eigenvalue weighted by Gasteiger charge is 2.01. The fourth-order valence-corrected chi connectivity index (χ4v) is 1.32. The summed E-state index contributed by atoms with van der Waals surface area (Å²) in [4.78, 5) is 8.15. The van der Waals surface area contributed by atoms with E-state index >= 15 is 0 Å². The third-order valence-electron chi connectivity index (χ3n) is 2.09. The maximum Gasteiger partial charge on any atom is 0.223 e. The van der Waals surface area contributed by atoms with E-state index in [4.69, 9.17) is 15.6 Å². The van der Waals surface area contributed by atoms with Gasteiger partial charge in [-0.15, -0.1) is 0 Å². The lowest BCUT2D eigenvalue weighted by molar-refractivity contribution is 0.0992. The van der Waals surface area contributed by atoms with Gasteiger partial charge in [-0.2, -0.15) is 9.97 Å². The Bertz CT molecular complexity index is 348. The lowest BCUT2D eigenvalue weighted by Crippen LogP contribution is -2.13. The lowest BCUT2D eigenvalue weighted by atomic mass is 10.4. The molecule has 102 valence electrons. The molecule has 0 radical (unpaired) electrons. The van der Waals surface area contributed by atoms with Crippen LogP contribution in [0.3, 0.4) is 0 Å². The van der Waals surface area contributed by atoms with Gasteiger partial charge in [-0.3, -0.25) is 0 Å². The molecule has 0 aliphatic carbocycles. The van der Waals surface area contributed by atoms with Gasteiger partial charge in [-0.1, -0.05) is 6.92 Å². The smallest absolute Gasteiger partial charge is 0.223 e. The summed E-state index contributed by atoms with van der Waals surface area (Å²) < 4.78 is 5.13. The summed E-state index contributed by atoms with van der Waals surface area (Å²) >= 11 is 0. The predicted octanol–water partition coefficient (Wildman–Crippen LogP) is 0.302. The molecule has 0 spiro atoms. The zero-order chi connectivity index (χ0) is 13.2. The number of nitrogens with zero attached hydrogens (tertiary/aromatic N) is 2. The molecule has 0 saturated heterocycles. The molecule has 7 nitrogen and oxygen atoms in total. The summed E-state index contributed by atoms with van der Waals surface area (Å²) in [6.45, 7) is 4.40. The molecule has 1 rings (SSSR count). The zero-order valence-electron chi connectivity index (χ0n) is 10.6. The summed E-state index contributed by atoms with van der Waals surface area (Å²) in [5.41, 5.74) is 5.62. The van der Waals surface area contributed by atoms with Gasteiger partial charge in [0.15, 0.2) is 0 Å². The molecule has 0 aliphatic heterocycles. The van der Waals surface area contributed by atoms with Crippen molar-refractivity contribution in [2.45, 2.75) is 13.3 Å². The van der Waals surface area contributed by atoms with Gasteiger partial charge in [-0.05, 0) is 6.42 Å². The van der Waals surface area contributed by atoms with E-state index in [1.807, 2.05) is 0 Å². The Morgan fingerprint density at radius 3 is 2.50 bits per heavy atom. The Kier molecular flexibility index (Phi) is 6.82. The average molecular weight is 255 g/mol. The molecule has 18 heavy (non-hydrogen) atoms. The van der Waals surface area contributed by atoms with Crippen molar-refractivity contribution < 1.29 is 9.84 Å². The molecule has 1 aromatic heterocycles. The van der Waals surface area contributed by atoms with Gasteiger partial charge in [0.2, 0.25) is 5.95 Å². The van der Waals surface area contributed by atoms with E-state index < -0.39 is 0 Å². The molecular weight excluding hydrogens is 234 g/mol. The molecular formula is C11H21N5O2. The first kappa shape index (κ1) is 14.5. The Hall–Kier alpha value is -1.60. The van der Waals surface area contributed by atoms with Gasteiger partial charge in [0.25, 0.3) is 0 Å². The van der Waals surface area contributed by atoms with Gasteiger partial charge in [0.05, 0.1) is 19.8 Å². The monoisotopic (exact) mass is 255 g/mol. The van der Waals surface area contributed by atoms with Crippen molar-refractivity contribution in [2.24, 2.45) is 0 Å². The zero-order valence-corrected chi connectivity index (χ0v) is 10.6. The van der Waals surface area contributed by atoms with Gasteiger partial charge >= 0.3 is 0 Å². The van der Waals surface area contributed by atoms with Crippen LogP contribution >= 0.6 is 0 Å². The minimum Gasteiger partial charge on any atom is -0.394 e. The Morgan fingerprint density at radius 2 is 1.89 bits per heavy atom. The highest BCUT2D eigenvalue weighted by molar-refractivity contribution is 5.50. The first-order chi connectivity index (χ1) is 8.76. The van der Waals surface area contributed by atoms with Crippen molar-refractivity contribution in [3.8, 4) is 0 Å². The Morgan fingerprint density at radius 1 is 1.22 bits per heavy atom. The SMILES string of the molecule is CCCNc1cc(NCCOCCO)nc(N)n1. The number of nitrogen functional groups attached to an aromatic ring is 1. The van der Waals surface area contributed by atoms with Gasteiger partial charge < -0.3 is 26.2 Å². The van der Waals surface area contributed by atoms with Crippen molar-refractivity contribution in [2.75, 3.05) is 49.3 Å². The van der Waals surface area contributed by atoms with Crippen molar-refractivity contribution in [1.82, 2.24) is 9.97 Å². The number of hydrogen-bond donors (Lipinski definition) is 4. The fraction of sp³-hybridized carbons (Fsp3) is 0.636. The number of hydrogen-bond acceptors (Lipinski definition) is 7. The summed E-state index contributed by atoms with van der Waals surface area (Å²) in [6, 6.07) is 1.80. The van der Waals surface area contributed by atoms with E-state index in [2.05, 4.69) is 27.5 Å². The molecule has 0 unspecified atom stereocenters. The highest BCUT2D eigenvalue weighted by Crippen LogP contribution is 2.12. The Labute approximate surface area is 107 Å². The normalized spacial score (nSPS) is 10.3. The minimum absolute atomic E-state index is 0.0333. The third kappa shape index (κ3) is 5.65. The van der Waals surface area contributed by atoms with E-state index in [-0.39, 0.29) is 12.6 Å². The quantitative estimate of drug-likeness (QED) is 0.470. The second-order valence-electron chi connectivity index (χ2n) is 3.69. The van der Waals surface area contributed by atoms with E-state index in [1.165, 1.54) is 0 Å². The van der Waals surface area contributed by atoms with Crippen LogP contribution in [0.1, 0.15) is 13.3 Å². The molecule has 1 aromatic rings. The number of aliphatic hydroxyl groups excluding tert-OH is 1. The number of nitrogens with one attached hydrogen (secondary N) is 2. The summed E-state index contributed by atoms with van der Waals surface area (Å²) in [5, 5.41) is 14.8. The van der Waals surface area contributed by atoms with Crippen LogP contribution in [0.5, 0.6) is 0 Å². The summed E-state index contributed by atoms with van der Waals surface area (Å²) in [6.07, 6.45) is 1.02. The number of anilines is 3. The predicted molar refractivity (Wildman–Crippen MR) is 71.6 cm³/mol. The van der Waals surface area contributed by atoms with Crippen LogP contribution in [0.4, 0.5) is 17.6 Å². The van der Waals surface area contributed by atoms with Crippen LogP contribution < -0.4 is 16.4 Å². The number of ether oxygens (including phenoxy) is 1. The number of rotatable bonds is 9. The van der Waals surface area contributed by atoms with Gasteiger partial charge in [0, 0.05) is 19.2 Å². The highest BCUT2D eigenvalue weighted by atomic mass is 16.5. The van der Waals surface area contributed by atoms with Gasteiger partial charge in [0.1, 0.15) is 11.6 Å². The second-order valence-corrected chi connectivity index (χ2v) is 3.69. The Balaban J connectivity index is 2.41. The maximum absolute atomic E-state index is 8.55. The second kappa shape index (κ2) is 8.48. The average Bonchev–Trinajstić information content (AvgIpc) is 2.35. The van der Waals surface area contributed by atoms with Crippen molar-refractivity contribution in [1.29, 1.82) is 0 Å². The first-order valence-electron chi connectivity index (χ1n) is 6.07. The standard InChI is InChI=1S/C11H21N5O2/c1-2-3-13-9-8-10(16-11(12)15-9)14-4-6-18-7-5-17/h8,17H,2-7H2,1H3,(H4,12,13,14,15,16). The van der Waals surface area contributed by atoms with Crippen molar-refractivity contribution >= 4 is 17.6 Å². The lowest BCUT2D eigenvalue weighted by Gasteiger charge is -2.09. The van der Waals surface area contributed by atoms with Crippen LogP contribution in [-0.2, 0) is 4.74 Å². The summed E-state index contributed by atoms with van der Waals surface area (Å²) in [7, 11) is 0. The van der Waals surface area contributed by atoms with Crippen LogP contribution in [0.25, 0.3) is 0 Å². The van der Waals surface area contributed by atoms with Crippen LogP contribution in [0.15, 0.2) is 6.07 Å². The molecule has 0 aromatic carbocycles. The van der Waals surface area contributed by atoms with E-state index in [1.54, 1.807) is 6.07 Å². The molecule has 0 aliphatic rings. The first-order valence-corrected chi connectivity index (χ1v) is 6.07. The topological polar surface area (TPSA) is 105 Å². The number of nitrogens with two attached hydrogens (primary N) is 1. The molecule has 7 heteroatoms. The minimum atomic E-state index is 0.0333. The van der Waals surface area contributed by atoms with Crippen LogP contribution in [-0.4, -0.2) is 48.0 Å². The van der Waals surface area contributed by atoms with Crippen LogP contribution in [0.2, 0.25) is 0 Å². The molecule has 0 fully saturated rings. The number of aliphatic hydroxyl groups is 1. The molecule has 1 heterocycles.